The largest absolute Gasteiger partial charge is 0.396 e. The number of aryl methyl sites for hydroxylation is 2. The minimum Gasteiger partial charge on any atom is -0.396 e. The number of carbonyl (C=O) groups is 1. The van der Waals surface area contributed by atoms with Gasteiger partial charge in [-0.3, -0.25) is 4.79 Å². The van der Waals surface area contributed by atoms with Gasteiger partial charge in [0.15, 0.2) is 0 Å². The van der Waals surface area contributed by atoms with Crippen LogP contribution in [0, 0.1) is 18.3 Å². The van der Waals surface area contributed by atoms with E-state index in [1.807, 2.05) is 41.8 Å². The molecule has 1 amide bonds. The Balaban J connectivity index is 2.42. The quantitative estimate of drug-likeness (QED) is 0.436. The SMILES string of the molecule is CNC(=O)C(C#N)=Cc1c(-c2ccc(C)cc2)c2c(N)ncnc2n1CCCO. The zero-order valence-corrected chi connectivity index (χ0v) is 16.3. The molecule has 4 N–H and O–H groups in total. The number of anilines is 1. The number of hydrogen-bond donors (Lipinski definition) is 3. The first kappa shape index (κ1) is 20.0. The molecule has 29 heavy (non-hydrogen) atoms. The van der Waals surface area contributed by atoms with E-state index >= 15 is 0 Å². The van der Waals surface area contributed by atoms with Crippen LogP contribution in [0.4, 0.5) is 5.82 Å². The Morgan fingerprint density at radius 3 is 2.69 bits per heavy atom. The number of hydrogen-bond acceptors (Lipinski definition) is 6. The fourth-order valence-electron chi connectivity index (χ4n) is 3.25. The van der Waals surface area contributed by atoms with Gasteiger partial charge in [-0.1, -0.05) is 29.8 Å². The predicted octanol–water partition coefficient (Wildman–Crippen LogP) is 2.02. The number of nitrogens with zero attached hydrogens (tertiary/aromatic N) is 4. The van der Waals surface area contributed by atoms with Gasteiger partial charge in [-0.25, -0.2) is 9.97 Å². The van der Waals surface area contributed by atoms with Crippen LogP contribution in [0.5, 0.6) is 0 Å². The molecule has 0 saturated carbocycles. The monoisotopic (exact) mass is 390 g/mol. The summed E-state index contributed by atoms with van der Waals surface area (Å²) in [7, 11) is 1.47. The lowest BCUT2D eigenvalue weighted by molar-refractivity contribution is -0.116. The van der Waals surface area contributed by atoms with E-state index in [1.165, 1.54) is 19.5 Å². The summed E-state index contributed by atoms with van der Waals surface area (Å²) in [6.07, 6.45) is 3.39. The van der Waals surface area contributed by atoms with E-state index in [1.54, 1.807) is 0 Å². The van der Waals surface area contributed by atoms with E-state index in [2.05, 4.69) is 15.3 Å². The zero-order valence-electron chi connectivity index (χ0n) is 16.3. The lowest BCUT2D eigenvalue weighted by Gasteiger charge is -2.09. The first-order valence-electron chi connectivity index (χ1n) is 9.16. The van der Waals surface area contributed by atoms with Crippen molar-refractivity contribution in [3.8, 4) is 17.2 Å². The van der Waals surface area contributed by atoms with E-state index in [-0.39, 0.29) is 12.2 Å². The molecule has 0 atom stereocenters. The molecule has 2 heterocycles. The molecule has 8 heteroatoms. The first-order chi connectivity index (χ1) is 14.0. The molecule has 0 bridgehead atoms. The molecule has 0 aliphatic rings. The molecule has 0 spiro atoms. The average Bonchev–Trinajstić information content (AvgIpc) is 3.04. The van der Waals surface area contributed by atoms with Gasteiger partial charge in [-0.2, -0.15) is 5.26 Å². The van der Waals surface area contributed by atoms with Gasteiger partial charge in [0, 0.05) is 25.8 Å². The number of likely N-dealkylation sites (N-methyl/N-ethyl adjacent to an activating group) is 1. The fraction of sp³-hybridized carbons (Fsp3) is 0.238. The smallest absolute Gasteiger partial charge is 0.261 e. The zero-order chi connectivity index (χ0) is 21.0. The van der Waals surface area contributed by atoms with E-state index in [0.717, 1.165) is 16.7 Å². The molecular weight excluding hydrogens is 368 g/mol. The maximum atomic E-state index is 12.1. The lowest BCUT2D eigenvalue weighted by Crippen LogP contribution is -2.19. The van der Waals surface area contributed by atoms with Crippen LogP contribution in [-0.2, 0) is 11.3 Å². The van der Waals surface area contributed by atoms with E-state index < -0.39 is 5.91 Å². The Morgan fingerprint density at radius 2 is 2.07 bits per heavy atom. The van der Waals surface area contributed by atoms with Crippen LogP contribution in [0.25, 0.3) is 28.2 Å². The number of nitrogens with one attached hydrogen (secondary N) is 1. The average molecular weight is 390 g/mol. The number of aliphatic hydroxyl groups is 1. The molecule has 3 rings (SSSR count). The van der Waals surface area contributed by atoms with Gasteiger partial charge in [0.1, 0.15) is 29.4 Å². The number of benzene rings is 1. The summed E-state index contributed by atoms with van der Waals surface area (Å²) >= 11 is 0. The van der Waals surface area contributed by atoms with Crippen molar-refractivity contribution >= 4 is 28.8 Å². The van der Waals surface area contributed by atoms with Crippen LogP contribution in [0.3, 0.4) is 0 Å². The van der Waals surface area contributed by atoms with Crippen molar-refractivity contribution in [2.24, 2.45) is 0 Å². The van der Waals surface area contributed by atoms with Crippen molar-refractivity contribution in [1.29, 1.82) is 5.26 Å². The summed E-state index contributed by atoms with van der Waals surface area (Å²) in [4.78, 5) is 20.7. The number of nitrogens with two attached hydrogens (primary N) is 1. The van der Waals surface area contributed by atoms with Gasteiger partial charge in [-0.15, -0.1) is 0 Å². The molecule has 0 unspecified atom stereocenters. The predicted molar refractivity (Wildman–Crippen MR) is 111 cm³/mol. The number of aliphatic hydroxyl groups excluding tert-OH is 1. The second-order valence-electron chi connectivity index (χ2n) is 6.56. The van der Waals surface area contributed by atoms with Gasteiger partial charge in [0.25, 0.3) is 5.91 Å². The van der Waals surface area contributed by atoms with Crippen LogP contribution in [0.2, 0.25) is 0 Å². The van der Waals surface area contributed by atoms with Crippen molar-refractivity contribution < 1.29 is 9.90 Å². The third-order valence-electron chi connectivity index (χ3n) is 4.66. The van der Waals surface area contributed by atoms with E-state index in [4.69, 9.17) is 5.73 Å². The Hall–Kier alpha value is -3.70. The van der Waals surface area contributed by atoms with Crippen LogP contribution >= 0.6 is 0 Å². The minimum atomic E-state index is -0.486. The van der Waals surface area contributed by atoms with Crippen molar-refractivity contribution in [3.05, 3.63) is 47.4 Å². The van der Waals surface area contributed by atoms with Crippen LogP contribution in [0.1, 0.15) is 17.7 Å². The fourth-order valence-corrected chi connectivity index (χ4v) is 3.25. The van der Waals surface area contributed by atoms with Crippen molar-refractivity contribution in [2.45, 2.75) is 19.9 Å². The Kier molecular flexibility index (Phi) is 5.90. The van der Waals surface area contributed by atoms with Crippen molar-refractivity contribution in [1.82, 2.24) is 19.9 Å². The highest BCUT2D eigenvalue weighted by atomic mass is 16.3. The topological polar surface area (TPSA) is 130 Å². The maximum absolute atomic E-state index is 12.1. The number of carbonyl (C=O) groups excluding carboxylic acids is 1. The highest BCUT2D eigenvalue weighted by Crippen LogP contribution is 2.38. The Bertz CT molecular complexity index is 1120. The molecule has 0 radical (unpaired) electrons. The lowest BCUT2D eigenvalue weighted by atomic mass is 10.0. The van der Waals surface area contributed by atoms with Gasteiger partial charge < -0.3 is 20.7 Å². The highest BCUT2D eigenvalue weighted by molar-refractivity contribution is 6.08. The third-order valence-corrected chi connectivity index (χ3v) is 4.66. The highest BCUT2D eigenvalue weighted by Gasteiger charge is 2.22. The number of nitrogen functional groups attached to an aromatic ring is 1. The molecule has 0 fully saturated rings. The van der Waals surface area contributed by atoms with Crippen LogP contribution < -0.4 is 11.1 Å². The summed E-state index contributed by atoms with van der Waals surface area (Å²) in [5, 5.41) is 22.0. The molecule has 2 aromatic heterocycles. The normalized spacial score (nSPS) is 11.4. The van der Waals surface area contributed by atoms with Crippen LogP contribution in [-0.4, -0.2) is 39.2 Å². The van der Waals surface area contributed by atoms with Gasteiger partial charge in [-0.05, 0) is 25.0 Å². The Labute approximate surface area is 168 Å². The summed E-state index contributed by atoms with van der Waals surface area (Å²) in [5.41, 5.74) is 10.1. The first-order valence-corrected chi connectivity index (χ1v) is 9.16. The second-order valence-corrected chi connectivity index (χ2v) is 6.56. The second kappa shape index (κ2) is 8.54. The Morgan fingerprint density at radius 1 is 1.34 bits per heavy atom. The molecule has 3 aromatic rings. The maximum Gasteiger partial charge on any atom is 0.261 e. The number of fused-ring (bicyclic) bond motifs is 1. The number of aromatic nitrogens is 3. The minimum absolute atomic E-state index is 0.0101. The molecular formula is C21H22N6O2. The number of nitriles is 1. The third kappa shape index (κ3) is 3.81. The van der Waals surface area contributed by atoms with Gasteiger partial charge >= 0.3 is 0 Å². The summed E-state index contributed by atoms with van der Waals surface area (Å²) in [6, 6.07) is 9.81. The summed E-state index contributed by atoms with van der Waals surface area (Å²) in [5.74, 6) is -0.179. The molecule has 1 aromatic carbocycles. The molecule has 0 saturated heterocycles. The standard InChI is InChI=1S/C21H22N6O2/c1-13-4-6-14(7-5-13)17-16(10-15(11-22)21(29)24-2)27(8-3-9-28)20-18(17)19(23)25-12-26-20/h4-7,10,12,28H,3,8-9H2,1-2H3,(H,24,29)(H2,23,25,26). The number of rotatable bonds is 6. The van der Waals surface area contributed by atoms with E-state index in [0.29, 0.717) is 35.5 Å². The summed E-state index contributed by atoms with van der Waals surface area (Å²) < 4.78 is 1.86. The van der Waals surface area contributed by atoms with Crippen molar-refractivity contribution in [2.75, 3.05) is 19.4 Å². The van der Waals surface area contributed by atoms with E-state index in [9.17, 15) is 15.2 Å². The molecule has 148 valence electrons. The van der Waals surface area contributed by atoms with Gasteiger partial charge in [0.2, 0.25) is 0 Å². The molecule has 8 nitrogen and oxygen atoms in total. The van der Waals surface area contributed by atoms with Gasteiger partial charge in [0.05, 0.1) is 11.1 Å². The molecule has 0 aliphatic carbocycles. The van der Waals surface area contributed by atoms with Crippen LogP contribution in [0.15, 0.2) is 36.2 Å². The summed E-state index contributed by atoms with van der Waals surface area (Å²) in [6.45, 7) is 2.42. The number of amides is 1. The molecule has 0 aliphatic heterocycles. The van der Waals surface area contributed by atoms with Crippen molar-refractivity contribution in [3.63, 3.8) is 0 Å².